The standard InChI is InChI=1S/C11H11NO2S/c1-15-10-4-2-3-9-8(10)5-7(12-9)6-11(13)14/h2-5,12H,6H2,1H3,(H,13,14). The normalized spacial score (nSPS) is 10.7. The number of hydrogen-bond donors (Lipinski definition) is 2. The number of hydrogen-bond acceptors (Lipinski definition) is 2. The Morgan fingerprint density at radius 2 is 2.33 bits per heavy atom. The summed E-state index contributed by atoms with van der Waals surface area (Å²) in [6.07, 6.45) is 2.06. The predicted octanol–water partition coefficient (Wildman–Crippen LogP) is 2.52. The van der Waals surface area contributed by atoms with Gasteiger partial charge >= 0.3 is 5.97 Å². The van der Waals surface area contributed by atoms with Crippen LogP contribution in [0.1, 0.15) is 5.69 Å². The molecule has 2 N–H and O–H groups in total. The molecule has 0 spiro atoms. The van der Waals surface area contributed by atoms with Crippen molar-refractivity contribution in [3.05, 3.63) is 30.0 Å². The van der Waals surface area contributed by atoms with Crippen molar-refractivity contribution in [2.45, 2.75) is 11.3 Å². The first kappa shape index (κ1) is 10.1. The molecule has 1 heterocycles. The van der Waals surface area contributed by atoms with Crippen LogP contribution in [0.3, 0.4) is 0 Å². The molecular weight excluding hydrogens is 210 g/mol. The topological polar surface area (TPSA) is 53.1 Å². The van der Waals surface area contributed by atoms with E-state index in [9.17, 15) is 4.79 Å². The van der Waals surface area contributed by atoms with Gasteiger partial charge in [-0.1, -0.05) is 6.07 Å². The number of fused-ring (bicyclic) bond motifs is 1. The molecule has 0 atom stereocenters. The van der Waals surface area contributed by atoms with Crippen molar-refractivity contribution in [2.24, 2.45) is 0 Å². The molecule has 0 saturated heterocycles. The zero-order valence-corrected chi connectivity index (χ0v) is 9.10. The van der Waals surface area contributed by atoms with Gasteiger partial charge in [-0.25, -0.2) is 0 Å². The highest BCUT2D eigenvalue weighted by molar-refractivity contribution is 7.98. The molecule has 0 aliphatic rings. The van der Waals surface area contributed by atoms with Gasteiger partial charge in [0, 0.05) is 21.5 Å². The van der Waals surface area contributed by atoms with Gasteiger partial charge in [0.15, 0.2) is 0 Å². The monoisotopic (exact) mass is 221 g/mol. The van der Waals surface area contributed by atoms with Crippen molar-refractivity contribution in [1.29, 1.82) is 0 Å². The number of aromatic nitrogens is 1. The van der Waals surface area contributed by atoms with Crippen LogP contribution in [0.5, 0.6) is 0 Å². The molecule has 2 aromatic rings. The number of thioether (sulfide) groups is 1. The summed E-state index contributed by atoms with van der Waals surface area (Å²) in [6, 6.07) is 7.87. The smallest absolute Gasteiger partial charge is 0.309 e. The van der Waals surface area contributed by atoms with Gasteiger partial charge in [-0.3, -0.25) is 4.79 Å². The molecule has 1 aromatic carbocycles. The van der Waals surface area contributed by atoms with E-state index < -0.39 is 5.97 Å². The van der Waals surface area contributed by atoms with Crippen LogP contribution in [-0.2, 0) is 11.2 Å². The first-order valence-corrected chi connectivity index (χ1v) is 5.79. The number of nitrogens with one attached hydrogen (secondary N) is 1. The number of rotatable bonds is 3. The van der Waals surface area contributed by atoms with Crippen LogP contribution in [0, 0.1) is 0 Å². The highest BCUT2D eigenvalue weighted by atomic mass is 32.2. The maximum atomic E-state index is 10.6. The molecule has 2 rings (SSSR count). The first-order chi connectivity index (χ1) is 7.20. The summed E-state index contributed by atoms with van der Waals surface area (Å²) < 4.78 is 0. The summed E-state index contributed by atoms with van der Waals surface area (Å²) in [6.45, 7) is 0. The highest BCUT2D eigenvalue weighted by Gasteiger charge is 2.07. The third-order valence-corrected chi connectivity index (χ3v) is 3.04. The second-order valence-corrected chi connectivity index (χ2v) is 4.13. The molecule has 0 aliphatic heterocycles. The fourth-order valence-corrected chi connectivity index (χ4v) is 2.22. The van der Waals surface area contributed by atoms with Crippen LogP contribution < -0.4 is 0 Å². The summed E-state index contributed by atoms with van der Waals surface area (Å²) in [7, 11) is 0. The molecule has 0 amide bonds. The summed E-state index contributed by atoms with van der Waals surface area (Å²) >= 11 is 1.66. The fourth-order valence-electron chi connectivity index (χ4n) is 1.62. The Hall–Kier alpha value is -1.42. The van der Waals surface area contributed by atoms with Crippen molar-refractivity contribution >= 4 is 28.6 Å². The van der Waals surface area contributed by atoms with Gasteiger partial charge in [0.05, 0.1) is 6.42 Å². The number of aromatic amines is 1. The lowest BCUT2D eigenvalue weighted by atomic mass is 10.2. The maximum absolute atomic E-state index is 10.6. The second kappa shape index (κ2) is 3.98. The van der Waals surface area contributed by atoms with E-state index in [1.54, 1.807) is 11.8 Å². The van der Waals surface area contributed by atoms with Crippen molar-refractivity contribution in [3.8, 4) is 0 Å². The third kappa shape index (κ3) is 1.99. The second-order valence-electron chi connectivity index (χ2n) is 3.29. The third-order valence-electron chi connectivity index (χ3n) is 2.24. The van der Waals surface area contributed by atoms with E-state index >= 15 is 0 Å². The average molecular weight is 221 g/mol. The van der Waals surface area contributed by atoms with E-state index in [2.05, 4.69) is 4.98 Å². The van der Waals surface area contributed by atoms with Crippen LogP contribution in [0.4, 0.5) is 0 Å². The summed E-state index contributed by atoms with van der Waals surface area (Å²) in [5.41, 5.74) is 1.75. The molecule has 0 aliphatic carbocycles. The van der Waals surface area contributed by atoms with Crippen LogP contribution in [0.2, 0.25) is 0 Å². The van der Waals surface area contributed by atoms with Crippen molar-refractivity contribution in [1.82, 2.24) is 4.98 Å². The summed E-state index contributed by atoms with van der Waals surface area (Å²) in [4.78, 5) is 14.8. The maximum Gasteiger partial charge on any atom is 0.309 e. The Bertz CT molecular complexity index is 504. The molecule has 0 fully saturated rings. The van der Waals surface area contributed by atoms with Crippen LogP contribution in [0.15, 0.2) is 29.2 Å². The van der Waals surface area contributed by atoms with E-state index in [1.807, 2.05) is 30.5 Å². The Morgan fingerprint density at radius 3 is 3.00 bits per heavy atom. The zero-order valence-electron chi connectivity index (χ0n) is 8.28. The number of H-pyrrole nitrogens is 1. The van der Waals surface area contributed by atoms with Gasteiger partial charge < -0.3 is 10.1 Å². The minimum atomic E-state index is -0.813. The summed E-state index contributed by atoms with van der Waals surface area (Å²) in [5, 5.41) is 9.79. The molecular formula is C11H11NO2S. The predicted molar refractivity (Wildman–Crippen MR) is 61.4 cm³/mol. The molecule has 0 radical (unpaired) electrons. The van der Waals surface area contributed by atoms with Gasteiger partial charge in [0.1, 0.15) is 0 Å². The molecule has 0 saturated carbocycles. The minimum Gasteiger partial charge on any atom is -0.481 e. The Labute approximate surface area is 91.5 Å². The number of carbonyl (C=O) groups is 1. The van der Waals surface area contributed by atoms with E-state index in [-0.39, 0.29) is 6.42 Å². The van der Waals surface area contributed by atoms with Gasteiger partial charge in [-0.15, -0.1) is 11.8 Å². The fraction of sp³-hybridized carbons (Fsp3) is 0.182. The Morgan fingerprint density at radius 1 is 1.53 bits per heavy atom. The number of aliphatic carboxylic acids is 1. The molecule has 15 heavy (non-hydrogen) atoms. The lowest BCUT2D eigenvalue weighted by Crippen LogP contribution is -1.99. The van der Waals surface area contributed by atoms with E-state index in [1.165, 1.54) is 4.90 Å². The largest absolute Gasteiger partial charge is 0.481 e. The lowest BCUT2D eigenvalue weighted by molar-refractivity contribution is -0.136. The van der Waals surface area contributed by atoms with Crippen LogP contribution in [0.25, 0.3) is 10.9 Å². The quantitative estimate of drug-likeness (QED) is 0.783. The van der Waals surface area contributed by atoms with Gasteiger partial charge in [0.2, 0.25) is 0 Å². The molecule has 1 aromatic heterocycles. The Kier molecular flexibility index (Phi) is 2.68. The van der Waals surface area contributed by atoms with Gasteiger partial charge in [-0.05, 0) is 24.5 Å². The summed E-state index contributed by atoms with van der Waals surface area (Å²) in [5.74, 6) is -0.813. The van der Waals surface area contributed by atoms with Crippen LogP contribution >= 0.6 is 11.8 Å². The van der Waals surface area contributed by atoms with Crippen molar-refractivity contribution in [3.63, 3.8) is 0 Å². The highest BCUT2D eigenvalue weighted by Crippen LogP contribution is 2.26. The van der Waals surface area contributed by atoms with Crippen molar-refractivity contribution < 1.29 is 9.90 Å². The van der Waals surface area contributed by atoms with E-state index in [4.69, 9.17) is 5.11 Å². The van der Waals surface area contributed by atoms with Crippen LogP contribution in [-0.4, -0.2) is 22.3 Å². The average Bonchev–Trinajstić information content (AvgIpc) is 2.58. The number of carboxylic acids is 1. The molecule has 0 bridgehead atoms. The van der Waals surface area contributed by atoms with Gasteiger partial charge in [0.25, 0.3) is 0 Å². The van der Waals surface area contributed by atoms with Gasteiger partial charge in [-0.2, -0.15) is 0 Å². The van der Waals surface area contributed by atoms with Crippen molar-refractivity contribution in [2.75, 3.05) is 6.26 Å². The van der Waals surface area contributed by atoms with E-state index in [0.717, 1.165) is 16.6 Å². The Balaban J connectivity index is 2.50. The SMILES string of the molecule is CSc1cccc2[nH]c(CC(=O)O)cc12. The number of benzene rings is 1. The molecule has 78 valence electrons. The molecule has 4 heteroatoms. The lowest BCUT2D eigenvalue weighted by Gasteiger charge is -1.96. The van der Waals surface area contributed by atoms with E-state index in [0.29, 0.717) is 0 Å². The first-order valence-electron chi connectivity index (χ1n) is 4.57. The molecule has 3 nitrogen and oxygen atoms in total. The zero-order chi connectivity index (χ0) is 10.8. The number of carboxylic acid groups (broad SMARTS) is 1. The minimum absolute atomic E-state index is 0.0441. The molecule has 0 unspecified atom stereocenters.